The van der Waals surface area contributed by atoms with Crippen molar-refractivity contribution in [2.24, 2.45) is 5.73 Å². The third-order valence-corrected chi connectivity index (χ3v) is 2.55. The van der Waals surface area contributed by atoms with E-state index >= 15 is 0 Å². The van der Waals surface area contributed by atoms with Gasteiger partial charge in [-0.15, -0.1) is 6.42 Å². The molecule has 102 valence electrons. The number of amides is 1. The van der Waals surface area contributed by atoms with E-state index in [-0.39, 0.29) is 18.5 Å². The van der Waals surface area contributed by atoms with E-state index in [9.17, 15) is 4.79 Å². The monoisotopic (exact) mass is 260 g/mol. The Labute approximate surface area is 114 Å². The average Bonchev–Trinajstić information content (AvgIpc) is 2.37. The molecule has 0 aliphatic heterocycles. The zero-order valence-electron chi connectivity index (χ0n) is 11.3. The van der Waals surface area contributed by atoms with Crippen LogP contribution in [0, 0.1) is 12.3 Å². The molecule has 0 bridgehead atoms. The summed E-state index contributed by atoms with van der Waals surface area (Å²) in [6, 6.07) is 7.61. The Bertz CT molecular complexity index is 463. The predicted molar refractivity (Wildman–Crippen MR) is 75.7 cm³/mol. The van der Waals surface area contributed by atoms with Crippen molar-refractivity contribution in [3.05, 3.63) is 29.8 Å². The van der Waals surface area contributed by atoms with Crippen LogP contribution in [0.2, 0.25) is 0 Å². The Morgan fingerprint density at radius 2 is 2.16 bits per heavy atom. The van der Waals surface area contributed by atoms with Crippen LogP contribution in [0.15, 0.2) is 24.3 Å². The topological polar surface area (TPSA) is 64.3 Å². The van der Waals surface area contributed by atoms with Crippen LogP contribution in [0.3, 0.4) is 0 Å². The molecule has 0 aromatic heterocycles. The van der Waals surface area contributed by atoms with Crippen molar-refractivity contribution < 1.29 is 9.53 Å². The highest BCUT2D eigenvalue weighted by Gasteiger charge is 2.15. The molecule has 3 N–H and O–H groups in total. The molecule has 2 atom stereocenters. The fraction of sp³-hybridized carbons (Fsp3) is 0.400. The van der Waals surface area contributed by atoms with Crippen molar-refractivity contribution in [1.29, 1.82) is 0 Å². The number of nitrogens with two attached hydrogens (primary N) is 1. The summed E-state index contributed by atoms with van der Waals surface area (Å²) in [6.45, 7) is 3.82. The van der Waals surface area contributed by atoms with Crippen LogP contribution in [0.4, 0.5) is 0 Å². The Morgan fingerprint density at radius 3 is 2.79 bits per heavy atom. The van der Waals surface area contributed by atoms with E-state index in [2.05, 4.69) is 11.2 Å². The van der Waals surface area contributed by atoms with Gasteiger partial charge in [-0.2, -0.15) is 0 Å². The quantitative estimate of drug-likeness (QED) is 0.753. The number of hydrogen-bond acceptors (Lipinski definition) is 3. The van der Waals surface area contributed by atoms with Crippen LogP contribution in [-0.2, 0) is 11.2 Å². The van der Waals surface area contributed by atoms with Crippen LogP contribution in [-0.4, -0.2) is 24.6 Å². The molecule has 0 heterocycles. The van der Waals surface area contributed by atoms with Crippen molar-refractivity contribution in [3.63, 3.8) is 0 Å². The Balaban J connectivity index is 2.71. The van der Waals surface area contributed by atoms with E-state index in [4.69, 9.17) is 16.9 Å². The van der Waals surface area contributed by atoms with Gasteiger partial charge in [0.05, 0.1) is 6.54 Å². The minimum atomic E-state index is -0.595. The molecule has 4 heteroatoms. The zero-order valence-corrected chi connectivity index (χ0v) is 11.3. The van der Waals surface area contributed by atoms with Crippen molar-refractivity contribution in [1.82, 2.24) is 5.32 Å². The second kappa shape index (κ2) is 7.45. The Hall–Kier alpha value is -1.99. The second-order valence-electron chi connectivity index (χ2n) is 4.47. The van der Waals surface area contributed by atoms with Crippen molar-refractivity contribution >= 4 is 5.91 Å². The molecule has 1 amide bonds. The normalized spacial score (nSPS) is 13.2. The van der Waals surface area contributed by atoms with Crippen LogP contribution in [0.5, 0.6) is 5.75 Å². The number of hydrogen-bond donors (Lipinski definition) is 2. The van der Waals surface area contributed by atoms with Crippen LogP contribution in [0.1, 0.15) is 19.4 Å². The summed E-state index contributed by atoms with van der Waals surface area (Å²) in [5.74, 6) is 2.81. The van der Waals surface area contributed by atoms with E-state index < -0.39 is 6.10 Å². The first-order valence-electron chi connectivity index (χ1n) is 6.26. The average molecular weight is 260 g/mol. The number of nitrogens with one attached hydrogen (secondary N) is 1. The molecule has 0 radical (unpaired) electrons. The van der Waals surface area contributed by atoms with Crippen molar-refractivity contribution in [3.8, 4) is 18.1 Å². The summed E-state index contributed by atoms with van der Waals surface area (Å²) < 4.78 is 5.67. The number of terminal acetylenes is 1. The van der Waals surface area contributed by atoms with E-state index in [0.29, 0.717) is 12.2 Å². The molecular formula is C15H20N2O2. The van der Waals surface area contributed by atoms with E-state index in [0.717, 1.165) is 5.56 Å². The number of carbonyl (C=O) groups is 1. The van der Waals surface area contributed by atoms with Crippen molar-refractivity contribution in [2.45, 2.75) is 32.4 Å². The molecule has 4 nitrogen and oxygen atoms in total. The maximum absolute atomic E-state index is 11.7. The van der Waals surface area contributed by atoms with E-state index in [1.54, 1.807) is 6.92 Å². The third kappa shape index (κ3) is 5.02. The smallest absolute Gasteiger partial charge is 0.261 e. The molecule has 0 spiro atoms. The highest BCUT2D eigenvalue weighted by atomic mass is 16.5. The first kappa shape index (κ1) is 15.1. The second-order valence-corrected chi connectivity index (χ2v) is 4.47. The largest absolute Gasteiger partial charge is 0.481 e. The van der Waals surface area contributed by atoms with Crippen LogP contribution >= 0.6 is 0 Å². The van der Waals surface area contributed by atoms with E-state index in [1.807, 2.05) is 31.2 Å². The lowest BCUT2D eigenvalue weighted by Gasteiger charge is -2.17. The lowest BCUT2D eigenvalue weighted by molar-refractivity contribution is -0.127. The van der Waals surface area contributed by atoms with Gasteiger partial charge in [0.25, 0.3) is 5.91 Å². The molecule has 1 rings (SSSR count). The van der Waals surface area contributed by atoms with Gasteiger partial charge in [0.2, 0.25) is 0 Å². The highest BCUT2D eigenvalue weighted by molar-refractivity contribution is 5.80. The Kier molecular flexibility index (Phi) is 5.91. The number of ether oxygens (including phenoxy) is 1. The molecular weight excluding hydrogens is 240 g/mol. The summed E-state index contributed by atoms with van der Waals surface area (Å²) in [6.07, 6.45) is 5.20. The number of para-hydroxylation sites is 1. The summed E-state index contributed by atoms with van der Waals surface area (Å²) >= 11 is 0. The molecule has 1 aromatic rings. The fourth-order valence-corrected chi connectivity index (χ4v) is 1.66. The summed E-state index contributed by atoms with van der Waals surface area (Å²) in [5, 5.41) is 2.59. The lowest BCUT2D eigenvalue weighted by Crippen LogP contribution is -2.36. The van der Waals surface area contributed by atoms with Crippen molar-refractivity contribution in [2.75, 3.05) is 6.54 Å². The van der Waals surface area contributed by atoms with Gasteiger partial charge in [0.1, 0.15) is 5.75 Å². The van der Waals surface area contributed by atoms with Crippen LogP contribution < -0.4 is 15.8 Å². The zero-order chi connectivity index (χ0) is 14.3. The lowest BCUT2D eigenvalue weighted by atomic mass is 10.1. The predicted octanol–water partition coefficient (Wildman–Crippen LogP) is 1.09. The van der Waals surface area contributed by atoms with Gasteiger partial charge in [-0.25, -0.2) is 0 Å². The minimum absolute atomic E-state index is 0.0373. The maximum Gasteiger partial charge on any atom is 0.261 e. The summed E-state index contributed by atoms with van der Waals surface area (Å²) in [4.78, 5) is 11.7. The fourth-order valence-electron chi connectivity index (χ4n) is 1.66. The number of benzene rings is 1. The van der Waals surface area contributed by atoms with Gasteiger partial charge < -0.3 is 15.8 Å². The molecule has 19 heavy (non-hydrogen) atoms. The number of rotatable bonds is 6. The van der Waals surface area contributed by atoms with Gasteiger partial charge in [0, 0.05) is 6.04 Å². The molecule has 1 aromatic carbocycles. The first-order chi connectivity index (χ1) is 9.04. The SMILES string of the molecule is C#CCNC(=O)C(C)Oc1ccccc1CC(C)N. The minimum Gasteiger partial charge on any atom is -0.481 e. The van der Waals surface area contributed by atoms with E-state index in [1.165, 1.54) is 0 Å². The molecule has 0 saturated heterocycles. The third-order valence-electron chi connectivity index (χ3n) is 2.55. The van der Waals surface area contributed by atoms with Crippen LogP contribution in [0.25, 0.3) is 0 Å². The standard InChI is InChI=1S/C15H20N2O2/c1-4-9-17-15(18)12(3)19-14-8-6-5-7-13(14)10-11(2)16/h1,5-8,11-12H,9-10,16H2,2-3H3,(H,17,18). The van der Waals surface area contributed by atoms with Gasteiger partial charge in [-0.1, -0.05) is 24.1 Å². The number of carbonyl (C=O) groups excluding carboxylic acids is 1. The molecule has 0 aliphatic carbocycles. The molecule has 2 unspecified atom stereocenters. The Morgan fingerprint density at radius 1 is 1.47 bits per heavy atom. The molecule has 0 aliphatic rings. The summed E-state index contributed by atoms with van der Waals surface area (Å²) in [7, 11) is 0. The highest BCUT2D eigenvalue weighted by Crippen LogP contribution is 2.20. The summed E-state index contributed by atoms with van der Waals surface area (Å²) in [5.41, 5.74) is 6.79. The van der Waals surface area contributed by atoms with Gasteiger partial charge in [-0.3, -0.25) is 4.79 Å². The van der Waals surface area contributed by atoms with Gasteiger partial charge in [-0.05, 0) is 31.9 Å². The molecule has 0 fully saturated rings. The maximum atomic E-state index is 11.7. The van der Waals surface area contributed by atoms with Gasteiger partial charge in [0.15, 0.2) is 6.10 Å². The first-order valence-corrected chi connectivity index (χ1v) is 6.26. The van der Waals surface area contributed by atoms with Gasteiger partial charge >= 0.3 is 0 Å². The molecule has 0 saturated carbocycles.